The normalized spacial score (nSPS) is 19.5. The number of carbonyl (C=O) groups excluding carboxylic acids is 1. The van der Waals surface area contributed by atoms with Crippen molar-refractivity contribution in [2.24, 2.45) is 5.92 Å². The van der Waals surface area contributed by atoms with E-state index in [0.717, 1.165) is 22.3 Å². The molecule has 0 saturated heterocycles. The lowest BCUT2D eigenvalue weighted by atomic mass is 10.1. The van der Waals surface area contributed by atoms with Crippen LogP contribution in [0, 0.1) is 19.8 Å². The van der Waals surface area contributed by atoms with Crippen molar-refractivity contribution in [2.75, 3.05) is 11.9 Å². The van der Waals surface area contributed by atoms with Crippen LogP contribution in [0.1, 0.15) is 50.3 Å². The minimum atomic E-state index is -1.26. The van der Waals surface area contributed by atoms with Crippen LogP contribution in [0.2, 0.25) is 0 Å². The highest BCUT2D eigenvalue weighted by Gasteiger charge is 2.40. The van der Waals surface area contributed by atoms with E-state index in [-0.39, 0.29) is 5.91 Å². The highest BCUT2D eigenvalue weighted by molar-refractivity contribution is 7.16. The van der Waals surface area contributed by atoms with Crippen molar-refractivity contribution < 1.29 is 24.6 Å². The Kier molecular flexibility index (Phi) is 7.52. The highest BCUT2D eigenvalue weighted by Crippen LogP contribution is 2.45. The average molecular weight is 465 g/mol. The van der Waals surface area contributed by atoms with Gasteiger partial charge in [0, 0.05) is 29.0 Å². The molecular weight excluding hydrogens is 440 g/mol. The number of carboxylic acid groups (broad SMARTS) is 2. The van der Waals surface area contributed by atoms with E-state index in [0.29, 0.717) is 29.2 Å². The lowest BCUT2D eigenvalue weighted by molar-refractivity contribution is -0.134. The van der Waals surface area contributed by atoms with E-state index in [9.17, 15) is 14.4 Å². The van der Waals surface area contributed by atoms with Crippen molar-refractivity contribution in [3.05, 3.63) is 38.5 Å². The summed E-state index contributed by atoms with van der Waals surface area (Å²) >= 11 is 2.97. The number of carboxylic acids is 2. The topological polar surface area (TPSA) is 142 Å². The molecule has 4 N–H and O–H groups in total. The van der Waals surface area contributed by atoms with Crippen molar-refractivity contribution in [1.29, 1.82) is 0 Å². The Labute approximate surface area is 187 Å². The predicted octanol–water partition coefficient (Wildman–Crippen LogP) is 3.04. The number of aryl methyl sites for hydroxylation is 2. The Morgan fingerprint density at radius 3 is 2.35 bits per heavy atom. The zero-order valence-corrected chi connectivity index (χ0v) is 18.8. The number of aromatic nitrogens is 2. The van der Waals surface area contributed by atoms with Gasteiger partial charge in [-0.3, -0.25) is 10.1 Å². The predicted molar refractivity (Wildman–Crippen MR) is 118 cm³/mol. The van der Waals surface area contributed by atoms with Gasteiger partial charge < -0.3 is 15.5 Å². The summed E-state index contributed by atoms with van der Waals surface area (Å²) in [7, 11) is 0. The molecule has 2 heterocycles. The molecule has 0 radical (unpaired) electrons. The third-order valence-corrected chi connectivity index (χ3v) is 6.67. The number of anilines is 1. The number of carbonyl (C=O) groups is 3. The summed E-state index contributed by atoms with van der Waals surface area (Å²) in [5, 5.41) is 31.4. The quantitative estimate of drug-likeness (QED) is 0.437. The number of nitrogens with one attached hydrogen (secondary N) is 2. The third-order valence-electron chi connectivity index (χ3n) is 4.85. The molecule has 0 spiro atoms. The number of hydrogen-bond donors (Lipinski definition) is 4. The fourth-order valence-corrected chi connectivity index (χ4v) is 4.60. The van der Waals surface area contributed by atoms with Crippen LogP contribution in [-0.4, -0.2) is 50.8 Å². The number of amides is 1. The van der Waals surface area contributed by atoms with Gasteiger partial charge in [0.2, 0.25) is 5.13 Å². The molecule has 11 heteroatoms. The van der Waals surface area contributed by atoms with Gasteiger partial charge in [0.25, 0.3) is 5.91 Å². The summed E-state index contributed by atoms with van der Waals surface area (Å²) in [6.45, 7) is 5.15. The Morgan fingerprint density at radius 2 is 1.81 bits per heavy atom. The van der Waals surface area contributed by atoms with Gasteiger partial charge in [0.05, 0.1) is 4.88 Å². The average Bonchev–Trinajstić information content (AvgIpc) is 3.60. The van der Waals surface area contributed by atoms with E-state index in [4.69, 9.17) is 10.2 Å². The first kappa shape index (κ1) is 23.0. The van der Waals surface area contributed by atoms with Crippen LogP contribution in [0.25, 0.3) is 0 Å². The van der Waals surface area contributed by atoms with E-state index < -0.39 is 11.9 Å². The van der Waals surface area contributed by atoms with Crippen molar-refractivity contribution in [3.8, 4) is 0 Å². The molecule has 1 amide bonds. The summed E-state index contributed by atoms with van der Waals surface area (Å²) in [6.07, 6.45) is 5.08. The number of nitrogens with zero attached hydrogens (tertiary/aromatic N) is 2. The smallest absolute Gasteiger partial charge is 0.328 e. The molecule has 2 aliphatic carbocycles. The summed E-state index contributed by atoms with van der Waals surface area (Å²) < 4.78 is 0. The first-order valence-corrected chi connectivity index (χ1v) is 11.4. The van der Waals surface area contributed by atoms with Gasteiger partial charge in [-0.25, -0.2) is 9.59 Å². The van der Waals surface area contributed by atoms with Crippen LogP contribution >= 0.6 is 22.7 Å². The van der Waals surface area contributed by atoms with E-state index in [1.54, 1.807) is 11.3 Å². The van der Waals surface area contributed by atoms with Crippen LogP contribution in [0.15, 0.2) is 18.2 Å². The van der Waals surface area contributed by atoms with Crippen molar-refractivity contribution >= 4 is 45.7 Å². The monoisotopic (exact) mass is 464 g/mol. The first-order valence-electron chi connectivity index (χ1n) is 9.82. The molecule has 2 aromatic heterocycles. The zero-order valence-electron chi connectivity index (χ0n) is 17.1. The molecule has 2 atom stereocenters. The van der Waals surface area contributed by atoms with Gasteiger partial charge in [-0.05, 0) is 57.2 Å². The van der Waals surface area contributed by atoms with Gasteiger partial charge >= 0.3 is 11.9 Å². The van der Waals surface area contributed by atoms with Crippen LogP contribution in [0.4, 0.5) is 5.13 Å². The molecule has 4 rings (SSSR count). The van der Waals surface area contributed by atoms with Gasteiger partial charge in [0.15, 0.2) is 0 Å². The number of rotatable bonds is 8. The maximum atomic E-state index is 12.4. The molecule has 166 valence electrons. The Balaban J connectivity index is 0.000000293. The molecule has 2 aliphatic rings. The van der Waals surface area contributed by atoms with Crippen molar-refractivity contribution in [2.45, 2.75) is 45.1 Å². The molecule has 0 aliphatic heterocycles. The largest absolute Gasteiger partial charge is 0.478 e. The van der Waals surface area contributed by atoms with Crippen LogP contribution in [0.5, 0.6) is 0 Å². The molecule has 0 unspecified atom stereocenters. The summed E-state index contributed by atoms with van der Waals surface area (Å²) in [6, 6.07) is 2.66. The summed E-state index contributed by atoms with van der Waals surface area (Å²) in [5.74, 6) is -1.10. The van der Waals surface area contributed by atoms with Gasteiger partial charge in [0.1, 0.15) is 5.01 Å². The Morgan fingerprint density at radius 1 is 1.13 bits per heavy atom. The molecular formula is C20H24N4O5S2. The lowest BCUT2D eigenvalue weighted by Gasteiger charge is -2.02. The van der Waals surface area contributed by atoms with Gasteiger partial charge in [-0.1, -0.05) is 11.3 Å². The fraction of sp³-hybridized carbons (Fsp3) is 0.450. The molecule has 31 heavy (non-hydrogen) atoms. The third kappa shape index (κ3) is 7.23. The van der Waals surface area contributed by atoms with Crippen molar-refractivity contribution in [3.63, 3.8) is 0 Å². The van der Waals surface area contributed by atoms with E-state index >= 15 is 0 Å². The second-order valence-corrected chi connectivity index (χ2v) is 9.95. The maximum Gasteiger partial charge on any atom is 0.328 e. The highest BCUT2D eigenvalue weighted by atomic mass is 32.1. The molecule has 2 saturated carbocycles. The number of thiophene rings is 1. The van der Waals surface area contributed by atoms with Crippen molar-refractivity contribution in [1.82, 2.24) is 15.5 Å². The first-order chi connectivity index (χ1) is 14.7. The minimum absolute atomic E-state index is 0.0800. The zero-order chi connectivity index (χ0) is 22.5. The molecule has 2 aromatic rings. The number of hydrogen-bond acceptors (Lipinski definition) is 8. The van der Waals surface area contributed by atoms with E-state index in [1.807, 2.05) is 6.92 Å². The second-order valence-electron chi connectivity index (χ2n) is 7.51. The van der Waals surface area contributed by atoms with Gasteiger partial charge in [-0.15, -0.1) is 21.5 Å². The SMILES string of the molecule is Cc1nnc(NC(=O)c2cc([C@@H]3C[C@H]3NCC3CC3)c(C)s2)s1.O=C(O)C=CC(=O)O. The van der Waals surface area contributed by atoms with Crippen LogP contribution in [-0.2, 0) is 9.59 Å². The van der Waals surface area contributed by atoms with Crippen LogP contribution < -0.4 is 10.6 Å². The minimum Gasteiger partial charge on any atom is -0.478 e. The number of aliphatic carboxylic acids is 2. The second kappa shape index (κ2) is 10.1. The standard InChI is InChI=1S/C16H20N4OS2.C4H4O4/c1-8-11(12-5-13(12)17-7-10-3-4-10)6-14(22-8)15(21)18-16-20-19-9(2)23-16;5-3(6)1-2-4(7)8/h6,10,12-13,17H,3-5,7H2,1-2H3,(H,18,20,21);1-2H,(H,5,6)(H,7,8)/t12-,13+;/m0./s1. The van der Waals surface area contributed by atoms with Gasteiger partial charge in [-0.2, -0.15) is 0 Å². The van der Waals surface area contributed by atoms with E-state index in [1.165, 1.54) is 41.0 Å². The Bertz CT molecular complexity index is 980. The summed E-state index contributed by atoms with van der Waals surface area (Å²) in [5.41, 5.74) is 1.34. The molecule has 0 aromatic carbocycles. The Hall–Kier alpha value is -2.63. The fourth-order valence-electron chi connectivity index (χ4n) is 3.03. The van der Waals surface area contributed by atoms with Crippen LogP contribution in [0.3, 0.4) is 0 Å². The maximum absolute atomic E-state index is 12.4. The molecule has 0 bridgehead atoms. The lowest BCUT2D eigenvalue weighted by Crippen LogP contribution is -2.20. The molecule has 9 nitrogen and oxygen atoms in total. The van der Waals surface area contributed by atoms with E-state index in [2.05, 4.69) is 33.8 Å². The summed E-state index contributed by atoms with van der Waals surface area (Å²) in [4.78, 5) is 33.5. The molecule has 2 fully saturated rings.